The molecule has 2 unspecified atom stereocenters. The van der Waals surface area contributed by atoms with Crippen molar-refractivity contribution >= 4 is 11.9 Å². The number of ether oxygens (including phenoxy) is 1. The molecular weight excluding hydrogens is 566 g/mol. The van der Waals surface area contributed by atoms with E-state index < -0.39 is 29.7 Å². The van der Waals surface area contributed by atoms with E-state index in [0.29, 0.717) is 30.8 Å². The van der Waals surface area contributed by atoms with Crippen molar-refractivity contribution in [1.82, 2.24) is 15.2 Å². The zero-order chi connectivity index (χ0) is 31.6. The number of benzene rings is 3. The minimum atomic E-state index is -0.879. The Morgan fingerprint density at radius 3 is 2.32 bits per heavy atom. The van der Waals surface area contributed by atoms with Gasteiger partial charge < -0.3 is 25.1 Å². The number of hydrogen-bond acceptors (Lipinski definition) is 7. The Morgan fingerprint density at radius 1 is 0.955 bits per heavy atom. The topological polar surface area (TPSA) is 111 Å². The number of carbonyl (C=O) groups excluding carboxylic acids is 2. The molecule has 0 fully saturated rings. The summed E-state index contributed by atoms with van der Waals surface area (Å²) in [5, 5.41) is 3.30. The lowest BCUT2D eigenvalue weighted by Gasteiger charge is -2.25. The van der Waals surface area contributed by atoms with E-state index in [9.17, 15) is 18.4 Å². The molecule has 3 aromatic carbocycles. The largest absolute Gasteiger partial charge is 0.456 e. The molecule has 3 N–H and O–H groups in total. The number of nitrogens with two attached hydrogens (primary N) is 1. The normalized spacial score (nSPS) is 12.5. The Balaban J connectivity index is 1.60. The lowest BCUT2D eigenvalue weighted by atomic mass is 10.0. The molecule has 232 valence electrons. The number of nitrogens with zero attached hydrogens (tertiary/aromatic N) is 2. The number of oxazole rings is 1. The number of esters is 1. The van der Waals surface area contributed by atoms with Gasteiger partial charge in [0.05, 0.1) is 11.8 Å². The van der Waals surface area contributed by atoms with Gasteiger partial charge in [-0.1, -0.05) is 31.2 Å². The van der Waals surface area contributed by atoms with Crippen molar-refractivity contribution in [2.45, 2.75) is 52.3 Å². The zero-order valence-corrected chi connectivity index (χ0v) is 25.2. The molecule has 0 aliphatic rings. The number of carbonyl (C=O) groups is 2. The van der Waals surface area contributed by atoms with Crippen LogP contribution in [0.1, 0.15) is 58.2 Å². The minimum Gasteiger partial charge on any atom is -0.456 e. The summed E-state index contributed by atoms with van der Waals surface area (Å²) in [7, 11) is 0. The van der Waals surface area contributed by atoms with E-state index in [1.54, 1.807) is 17.0 Å². The maximum Gasteiger partial charge on any atom is 0.338 e. The average Bonchev–Trinajstić information content (AvgIpc) is 3.56. The molecule has 4 aromatic rings. The number of nitrogens with one attached hydrogen (secondary N) is 1. The summed E-state index contributed by atoms with van der Waals surface area (Å²) in [6, 6.07) is 15.1. The van der Waals surface area contributed by atoms with Crippen LogP contribution in [-0.4, -0.2) is 53.5 Å². The van der Waals surface area contributed by atoms with Crippen molar-refractivity contribution in [1.29, 1.82) is 0 Å². The molecule has 0 aliphatic carbocycles. The van der Waals surface area contributed by atoms with E-state index in [2.05, 4.69) is 23.3 Å². The first kappa shape index (κ1) is 32.5. The van der Waals surface area contributed by atoms with Gasteiger partial charge in [-0.3, -0.25) is 4.79 Å². The first-order chi connectivity index (χ1) is 21.2. The molecule has 0 saturated carbocycles. The van der Waals surface area contributed by atoms with Crippen LogP contribution >= 0.6 is 0 Å². The second kappa shape index (κ2) is 15.4. The van der Waals surface area contributed by atoms with Crippen LogP contribution in [0.2, 0.25) is 0 Å². The molecule has 0 bridgehead atoms. The van der Waals surface area contributed by atoms with Crippen molar-refractivity contribution in [2.24, 2.45) is 5.73 Å². The van der Waals surface area contributed by atoms with E-state index >= 15 is 0 Å². The Kier molecular flexibility index (Phi) is 11.3. The highest BCUT2D eigenvalue weighted by molar-refractivity contribution is 5.99. The SMILES string of the molecule is CCc1cccc(CNCC(OC(=O)c2cc(C(=O)N(CC)CC)cc(-c3ncco3)c2)C(N)Cc2cc(F)cc(F)c2)c1. The van der Waals surface area contributed by atoms with Crippen LogP contribution in [0.25, 0.3) is 11.5 Å². The van der Waals surface area contributed by atoms with E-state index in [1.807, 2.05) is 32.0 Å². The summed E-state index contributed by atoms with van der Waals surface area (Å²) in [5.41, 5.74) is 9.92. The summed E-state index contributed by atoms with van der Waals surface area (Å²) in [5.74, 6) is -2.17. The van der Waals surface area contributed by atoms with E-state index in [4.69, 9.17) is 14.9 Å². The summed E-state index contributed by atoms with van der Waals surface area (Å²) >= 11 is 0. The van der Waals surface area contributed by atoms with Crippen LogP contribution in [0.3, 0.4) is 0 Å². The molecule has 0 saturated heterocycles. The highest BCUT2D eigenvalue weighted by Gasteiger charge is 2.26. The molecule has 8 nitrogen and oxygen atoms in total. The van der Waals surface area contributed by atoms with Gasteiger partial charge in [0.25, 0.3) is 5.91 Å². The molecule has 1 heterocycles. The molecule has 0 aliphatic heterocycles. The van der Waals surface area contributed by atoms with Gasteiger partial charge in [0.15, 0.2) is 0 Å². The van der Waals surface area contributed by atoms with E-state index in [0.717, 1.165) is 18.1 Å². The molecule has 2 atom stereocenters. The number of hydrogen-bond donors (Lipinski definition) is 2. The van der Waals surface area contributed by atoms with Crippen LogP contribution in [0.5, 0.6) is 0 Å². The van der Waals surface area contributed by atoms with Crippen molar-refractivity contribution in [3.8, 4) is 11.5 Å². The molecule has 1 aromatic heterocycles. The maximum atomic E-state index is 13.9. The predicted molar refractivity (Wildman–Crippen MR) is 164 cm³/mol. The average molecular weight is 605 g/mol. The Bertz CT molecular complexity index is 1540. The van der Waals surface area contributed by atoms with E-state index in [-0.39, 0.29) is 35.9 Å². The summed E-state index contributed by atoms with van der Waals surface area (Å²) < 4.78 is 39.2. The minimum absolute atomic E-state index is 0.0572. The summed E-state index contributed by atoms with van der Waals surface area (Å²) in [6.07, 6.45) is 2.95. The van der Waals surface area contributed by atoms with Crippen LogP contribution in [-0.2, 0) is 24.1 Å². The third kappa shape index (κ3) is 8.58. The first-order valence-corrected chi connectivity index (χ1v) is 14.7. The fraction of sp³-hybridized carbons (Fsp3) is 0.324. The van der Waals surface area contributed by atoms with Gasteiger partial charge in [-0.05, 0) is 73.7 Å². The predicted octanol–water partition coefficient (Wildman–Crippen LogP) is 5.55. The van der Waals surface area contributed by atoms with Gasteiger partial charge in [-0.2, -0.15) is 0 Å². The fourth-order valence-corrected chi connectivity index (χ4v) is 4.99. The maximum absolute atomic E-state index is 13.9. The monoisotopic (exact) mass is 604 g/mol. The number of amides is 1. The molecule has 44 heavy (non-hydrogen) atoms. The van der Waals surface area contributed by atoms with Crippen LogP contribution in [0.4, 0.5) is 8.78 Å². The molecular formula is C34H38F2N4O4. The van der Waals surface area contributed by atoms with Gasteiger partial charge in [-0.25, -0.2) is 18.6 Å². The van der Waals surface area contributed by atoms with Crippen molar-refractivity contribution < 1.29 is 27.5 Å². The number of rotatable bonds is 14. The summed E-state index contributed by atoms with van der Waals surface area (Å²) in [4.78, 5) is 32.7. The molecule has 1 amide bonds. The fourth-order valence-electron chi connectivity index (χ4n) is 4.99. The quantitative estimate of drug-likeness (QED) is 0.182. The van der Waals surface area contributed by atoms with Crippen LogP contribution in [0, 0.1) is 11.6 Å². The highest BCUT2D eigenvalue weighted by Crippen LogP contribution is 2.23. The molecule has 0 spiro atoms. The van der Waals surface area contributed by atoms with Crippen LogP contribution < -0.4 is 11.1 Å². The zero-order valence-electron chi connectivity index (χ0n) is 25.2. The van der Waals surface area contributed by atoms with Crippen molar-refractivity contribution in [2.75, 3.05) is 19.6 Å². The molecule has 10 heteroatoms. The van der Waals surface area contributed by atoms with Gasteiger partial charge in [-0.15, -0.1) is 0 Å². The third-order valence-electron chi connectivity index (χ3n) is 7.35. The Hall–Kier alpha value is -4.41. The molecule has 4 rings (SSSR count). The summed E-state index contributed by atoms with van der Waals surface area (Å²) in [6.45, 7) is 7.46. The smallest absolute Gasteiger partial charge is 0.338 e. The van der Waals surface area contributed by atoms with Crippen molar-refractivity contribution in [3.63, 3.8) is 0 Å². The van der Waals surface area contributed by atoms with Crippen LogP contribution in [0.15, 0.2) is 77.5 Å². The second-order valence-corrected chi connectivity index (χ2v) is 10.5. The number of halogens is 2. The Morgan fingerprint density at radius 2 is 1.66 bits per heavy atom. The number of aryl methyl sites for hydroxylation is 1. The number of aromatic nitrogens is 1. The van der Waals surface area contributed by atoms with Gasteiger partial charge in [0.2, 0.25) is 5.89 Å². The first-order valence-electron chi connectivity index (χ1n) is 14.7. The van der Waals surface area contributed by atoms with Crippen molar-refractivity contribution in [3.05, 3.63) is 113 Å². The molecule has 0 radical (unpaired) electrons. The third-order valence-corrected chi connectivity index (χ3v) is 7.35. The highest BCUT2D eigenvalue weighted by atomic mass is 19.1. The Labute approximate surface area is 256 Å². The van der Waals surface area contributed by atoms with Gasteiger partial charge >= 0.3 is 5.97 Å². The van der Waals surface area contributed by atoms with Gasteiger partial charge in [0.1, 0.15) is 24.0 Å². The second-order valence-electron chi connectivity index (χ2n) is 10.5. The lowest BCUT2D eigenvalue weighted by molar-refractivity contribution is 0.0238. The van der Waals surface area contributed by atoms with E-state index in [1.165, 1.54) is 36.2 Å². The van der Waals surface area contributed by atoms with Gasteiger partial charge in [0, 0.05) is 49.4 Å². The lowest BCUT2D eigenvalue weighted by Crippen LogP contribution is -2.46. The standard InChI is InChI=1S/C34H38F2N4O4/c1-4-22-8-7-9-23(12-22)20-38-21-31(30(37)15-24-13-28(35)19-29(36)14-24)44-34(42)27-17-25(32-39-10-11-43-32)16-26(18-27)33(41)40(5-2)6-3/h7-14,16-19,30-31,38H,4-6,15,20-21,37H2,1-3H3.